The Morgan fingerprint density at radius 3 is 1.90 bits per heavy atom. The Bertz CT molecular complexity index is 1730. The highest BCUT2D eigenvalue weighted by molar-refractivity contribution is 5.54. The molecule has 0 aliphatic carbocycles. The number of nitrogens with zero attached hydrogens (tertiary/aromatic N) is 7. The van der Waals surface area contributed by atoms with E-state index in [0.717, 1.165) is 56.0 Å². The largest absolute Gasteiger partial charge is 0.497 e. The topological polar surface area (TPSA) is 91.8 Å². The molecular weight excluding hydrogens is 606 g/mol. The molecule has 2 saturated heterocycles. The fraction of sp³-hybridized carbons (Fsp3) is 0.378. The standard InChI is InChI=1S/C24H31N5O2.C13H14N2O2/c1-4-19(5-2)29-24(30)28(18-25-29)22-8-6-20(7-9-22)26-14-16-27(17-15-26)21-10-12-23(31-3)13-11-21;1-2-5-12(6-3-1)13(16-9-10-17-13)11-15-8-4-7-14-15/h6-13,18-19H,4-5,14-17H2,1-3H3;1-8H,9-11H2. The number of aromatic nitrogens is 5. The lowest BCUT2D eigenvalue weighted by atomic mass is 10.1. The summed E-state index contributed by atoms with van der Waals surface area (Å²) in [6.07, 6.45) is 7.09. The number of ether oxygens (including phenoxy) is 3. The van der Waals surface area contributed by atoms with Crippen LogP contribution in [0.4, 0.5) is 11.4 Å². The van der Waals surface area contributed by atoms with Crippen molar-refractivity contribution in [1.29, 1.82) is 0 Å². The van der Waals surface area contributed by atoms with E-state index in [1.165, 1.54) is 11.4 Å². The maximum Gasteiger partial charge on any atom is 0.350 e. The normalized spacial score (nSPS) is 15.8. The van der Waals surface area contributed by atoms with Crippen LogP contribution in [0.25, 0.3) is 5.69 Å². The maximum absolute atomic E-state index is 12.8. The molecule has 11 heteroatoms. The molecular formula is C37H45N7O4. The molecule has 0 amide bonds. The van der Waals surface area contributed by atoms with Crippen LogP contribution in [0.2, 0.25) is 0 Å². The van der Waals surface area contributed by atoms with Crippen LogP contribution in [0.15, 0.2) is 108 Å². The van der Waals surface area contributed by atoms with Crippen molar-refractivity contribution in [3.8, 4) is 11.4 Å². The van der Waals surface area contributed by atoms with Crippen molar-refractivity contribution in [1.82, 2.24) is 24.1 Å². The molecule has 0 saturated carbocycles. The Kier molecular flexibility index (Phi) is 10.6. The van der Waals surface area contributed by atoms with Gasteiger partial charge in [0, 0.05) is 55.5 Å². The Labute approximate surface area is 281 Å². The summed E-state index contributed by atoms with van der Waals surface area (Å²) in [6, 6.07) is 28.5. The quantitative estimate of drug-likeness (QED) is 0.195. The highest BCUT2D eigenvalue weighted by Crippen LogP contribution is 2.33. The third-order valence-corrected chi connectivity index (χ3v) is 9.09. The fourth-order valence-electron chi connectivity index (χ4n) is 6.32. The summed E-state index contributed by atoms with van der Waals surface area (Å²) in [5.41, 5.74) is 4.22. The van der Waals surface area contributed by atoms with Crippen molar-refractivity contribution >= 4 is 11.4 Å². The van der Waals surface area contributed by atoms with Crippen LogP contribution < -0.4 is 20.2 Å². The minimum atomic E-state index is -0.687. The predicted octanol–water partition coefficient (Wildman–Crippen LogP) is 5.51. The zero-order valence-corrected chi connectivity index (χ0v) is 28.0. The number of methoxy groups -OCH3 is 1. The van der Waals surface area contributed by atoms with Gasteiger partial charge in [-0.25, -0.2) is 14.0 Å². The lowest BCUT2D eigenvalue weighted by Crippen LogP contribution is -2.46. The molecule has 11 nitrogen and oxygen atoms in total. The van der Waals surface area contributed by atoms with Gasteiger partial charge in [-0.1, -0.05) is 44.2 Å². The molecule has 0 N–H and O–H groups in total. The first-order valence-electron chi connectivity index (χ1n) is 16.7. The molecule has 0 bridgehead atoms. The average Bonchev–Trinajstić information content (AvgIpc) is 3.93. The lowest BCUT2D eigenvalue weighted by molar-refractivity contribution is -0.177. The third kappa shape index (κ3) is 7.32. The number of piperazine rings is 1. The van der Waals surface area contributed by atoms with Crippen molar-refractivity contribution < 1.29 is 14.2 Å². The van der Waals surface area contributed by atoms with Gasteiger partial charge in [-0.05, 0) is 67.4 Å². The first kappa shape index (κ1) is 33.0. The van der Waals surface area contributed by atoms with Gasteiger partial charge < -0.3 is 24.0 Å². The van der Waals surface area contributed by atoms with Gasteiger partial charge in [0.2, 0.25) is 5.79 Å². The van der Waals surface area contributed by atoms with E-state index in [1.54, 1.807) is 28.9 Å². The highest BCUT2D eigenvalue weighted by atomic mass is 16.7. The van der Waals surface area contributed by atoms with Crippen LogP contribution in [0.1, 0.15) is 38.3 Å². The van der Waals surface area contributed by atoms with E-state index in [-0.39, 0.29) is 11.7 Å². The smallest absolute Gasteiger partial charge is 0.350 e. The number of anilines is 2. The molecule has 0 radical (unpaired) electrons. The molecule has 4 heterocycles. The molecule has 0 atom stereocenters. The van der Waals surface area contributed by atoms with Crippen molar-refractivity contribution in [3.05, 3.63) is 120 Å². The van der Waals surface area contributed by atoms with Gasteiger partial charge in [-0.2, -0.15) is 10.2 Å². The molecule has 2 aliphatic heterocycles. The molecule has 0 unspecified atom stereocenters. The van der Waals surface area contributed by atoms with E-state index in [9.17, 15) is 4.79 Å². The SMILES string of the molecule is CCC(CC)n1ncn(-c2ccc(N3CCN(c4ccc(OC)cc4)CC3)cc2)c1=O.c1ccc(C2(Cn3cccn3)OCCO2)cc1. The van der Waals surface area contributed by atoms with Crippen molar-refractivity contribution in [2.45, 2.75) is 45.1 Å². The molecule has 252 valence electrons. The zero-order chi connectivity index (χ0) is 33.3. The van der Waals surface area contributed by atoms with Gasteiger partial charge >= 0.3 is 5.69 Å². The maximum atomic E-state index is 12.8. The van der Waals surface area contributed by atoms with Crippen molar-refractivity contribution in [2.24, 2.45) is 0 Å². The summed E-state index contributed by atoms with van der Waals surface area (Å²) in [6.45, 7) is 9.84. The second kappa shape index (κ2) is 15.4. The second-order valence-electron chi connectivity index (χ2n) is 11.9. The highest BCUT2D eigenvalue weighted by Gasteiger charge is 2.39. The molecule has 3 aromatic carbocycles. The van der Waals surface area contributed by atoms with E-state index < -0.39 is 5.79 Å². The van der Waals surface area contributed by atoms with Crippen LogP contribution >= 0.6 is 0 Å². The van der Waals surface area contributed by atoms with Crippen LogP contribution in [-0.2, 0) is 21.8 Å². The summed E-state index contributed by atoms with van der Waals surface area (Å²) in [5, 5.41) is 8.54. The molecule has 0 spiro atoms. The predicted molar refractivity (Wildman–Crippen MR) is 187 cm³/mol. The Morgan fingerprint density at radius 1 is 0.771 bits per heavy atom. The van der Waals surface area contributed by atoms with Gasteiger partial charge in [-0.15, -0.1) is 0 Å². The number of hydrogen-bond donors (Lipinski definition) is 0. The van der Waals surface area contributed by atoms with E-state index in [2.05, 4.69) is 58.1 Å². The Morgan fingerprint density at radius 2 is 1.35 bits per heavy atom. The monoisotopic (exact) mass is 651 g/mol. The molecule has 2 aromatic heterocycles. The molecule has 7 rings (SSSR count). The van der Waals surface area contributed by atoms with E-state index >= 15 is 0 Å². The molecule has 5 aromatic rings. The fourth-order valence-corrected chi connectivity index (χ4v) is 6.32. The summed E-state index contributed by atoms with van der Waals surface area (Å²) >= 11 is 0. The zero-order valence-electron chi connectivity index (χ0n) is 28.0. The van der Waals surface area contributed by atoms with Crippen LogP contribution in [-0.4, -0.2) is 70.6 Å². The minimum Gasteiger partial charge on any atom is -0.497 e. The van der Waals surface area contributed by atoms with Crippen molar-refractivity contribution in [3.63, 3.8) is 0 Å². The van der Waals surface area contributed by atoms with Gasteiger partial charge in [-0.3, -0.25) is 4.68 Å². The minimum absolute atomic E-state index is 0.0745. The average molecular weight is 652 g/mol. The second-order valence-corrected chi connectivity index (χ2v) is 11.9. The summed E-state index contributed by atoms with van der Waals surface area (Å²) in [5.74, 6) is 0.194. The Balaban J connectivity index is 0.000000198. The van der Waals surface area contributed by atoms with Crippen LogP contribution in [0.3, 0.4) is 0 Å². The van der Waals surface area contributed by atoms with Gasteiger partial charge in [0.25, 0.3) is 0 Å². The Hall–Kier alpha value is -4.87. The van der Waals surface area contributed by atoms with Crippen LogP contribution in [0.5, 0.6) is 5.75 Å². The summed E-state index contributed by atoms with van der Waals surface area (Å²) < 4.78 is 21.9. The first-order chi connectivity index (χ1) is 23.5. The van der Waals surface area contributed by atoms with Gasteiger partial charge in [0.05, 0.1) is 38.6 Å². The van der Waals surface area contributed by atoms with Gasteiger partial charge in [0.15, 0.2) is 0 Å². The van der Waals surface area contributed by atoms with Gasteiger partial charge in [0.1, 0.15) is 12.1 Å². The molecule has 2 aliphatic rings. The van der Waals surface area contributed by atoms with Crippen molar-refractivity contribution in [2.75, 3.05) is 56.3 Å². The molecule has 2 fully saturated rings. The van der Waals surface area contributed by atoms with Crippen LogP contribution in [0, 0.1) is 0 Å². The number of hydrogen-bond acceptors (Lipinski definition) is 8. The van der Waals surface area contributed by atoms with E-state index in [1.807, 2.05) is 71.5 Å². The molecule has 48 heavy (non-hydrogen) atoms. The summed E-state index contributed by atoms with van der Waals surface area (Å²) in [4.78, 5) is 17.6. The first-order valence-corrected chi connectivity index (χ1v) is 16.7. The summed E-state index contributed by atoms with van der Waals surface area (Å²) in [7, 11) is 1.69. The lowest BCUT2D eigenvalue weighted by Gasteiger charge is -2.37. The van der Waals surface area contributed by atoms with E-state index in [0.29, 0.717) is 19.8 Å². The number of benzene rings is 3. The number of rotatable bonds is 10. The van der Waals surface area contributed by atoms with E-state index in [4.69, 9.17) is 14.2 Å². The third-order valence-electron chi connectivity index (χ3n) is 9.09.